The number of fused-ring (bicyclic) bond motifs is 6. The minimum Gasteiger partial charge on any atom is -0.482 e. The number of anilines is 3. The van der Waals surface area contributed by atoms with E-state index in [0.717, 1.165) is 37.0 Å². The monoisotopic (exact) mass is 576 g/mol. The molecule has 0 radical (unpaired) electrons. The van der Waals surface area contributed by atoms with Crippen molar-refractivity contribution in [2.24, 2.45) is 0 Å². The van der Waals surface area contributed by atoms with Crippen LogP contribution in [0.5, 0.6) is 5.75 Å². The molecule has 8 rings (SSSR count). The molecule has 5 aromatic rings. The van der Waals surface area contributed by atoms with Gasteiger partial charge in [0.1, 0.15) is 11.1 Å². The van der Waals surface area contributed by atoms with Crippen molar-refractivity contribution in [1.82, 2.24) is 28.8 Å². The molecule has 0 aliphatic carbocycles. The molecule has 43 heavy (non-hydrogen) atoms. The van der Waals surface area contributed by atoms with E-state index >= 15 is 0 Å². The van der Waals surface area contributed by atoms with E-state index in [2.05, 4.69) is 50.2 Å². The molecular formula is C32H32N8O3. The van der Waals surface area contributed by atoms with Gasteiger partial charge in [0.2, 0.25) is 5.95 Å². The minimum absolute atomic E-state index is 0.0245. The molecule has 2 bridgehead atoms. The van der Waals surface area contributed by atoms with E-state index < -0.39 is 0 Å². The van der Waals surface area contributed by atoms with Gasteiger partial charge >= 0.3 is 0 Å². The lowest BCUT2D eigenvalue weighted by Gasteiger charge is -2.30. The lowest BCUT2D eigenvalue weighted by Crippen LogP contribution is -2.39. The molecule has 0 atom stereocenters. The van der Waals surface area contributed by atoms with Gasteiger partial charge in [0, 0.05) is 48.6 Å². The van der Waals surface area contributed by atoms with Crippen molar-refractivity contribution in [3.05, 3.63) is 77.4 Å². The quantitative estimate of drug-likeness (QED) is 0.315. The molecule has 3 aromatic heterocycles. The SMILES string of the molecule is O=C1COc2ccc3cc2N1CCCC=CCn1c(=O)c2cnc(Nc4ccc5c(ccn5CCN5CCC5)c4)nc2n1-3. The fourth-order valence-electron chi connectivity index (χ4n) is 6.20. The van der Waals surface area contributed by atoms with Crippen molar-refractivity contribution in [1.29, 1.82) is 0 Å². The number of amides is 1. The molecule has 2 aromatic carbocycles. The van der Waals surface area contributed by atoms with Gasteiger partial charge in [-0.05, 0) is 74.8 Å². The zero-order valence-corrected chi connectivity index (χ0v) is 23.8. The molecule has 218 valence electrons. The Morgan fingerprint density at radius 1 is 0.953 bits per heavy atom. The Morgan fingerprint density at radius 2 is 1.88 bits per heavy atom. The molecule has 1 amide bonds. The molecule has 11 nitrogen and oxygen atoms in total. The molecule has 11 heteroatoms. The number of allylic oxidation sites excluding steroid dienone is 2. The van der Waals surface area contributed by atoms with E-state index in [9.17, 15) is 9.59 Å². The zero-order chi connectivity index (χ0) is 28.9. The Balaban J connectivity index is 1.17. The topological polar surface area (TPSA) is 102 Å². The van der Waals surface area contributed by atoms with Crippen LogP contribution in [0.3, 0.4) is 0 Å². The number of rotatable bonds is 5. The van der Waals surface area contributed by atoms with E-state index in [0.29, 0.717) is 47.2 Å². The van der Waals surface area contributed by atoms with Crippen molar-refractivity contribution >= 4 is 45.2 Å². The highest BCUT2D eigenvalue weighted by Crippen LogP contribution is 2.35. The molecule has 3 aliphatic rings. The number of carbonyl (C=O) groups is 1. The Kier molecular flexibility index (Phi) is 6.25. The summed E-state index contributed by atoms with van der Waals surface area (Å²) in [6, 6.07) is 14.0. The summed E-state index contributed by atoms with van der Waals surface area (Å²) in [4.78, 5) is 39.9. The van der Waals surface area contributed by atoms with Gasteiger partial charge in [-0.1, -0.05) is 12.2 Å². The summed E-state index contributed by atoms with van der Waals surface area (Å²) in [6.07, 6.45) is 10.7. The fraction of sp³-hybridized carbons (Fsp3) is 0.312. The highest BCUT2D eigenvalue weighted by Gasteiger charge is 2.27. The van der Waals surface area contributed by atoms with Gasteiger partial charge in [-0.25, -0.2) is 14.3 Å². The predicted molar refractivity (Wildman–Crippen MR) is 166 cm³/mol. The lowest BCUT2D eigenvalue weighted by molar-refractivity contribution is -0.121. The van der Waals surface area contributed by atoms with Crippen molar-refractivity contribution < 1.29 is 9.53 Å². The maximum absolute atomic E-state index is 13.6. The summed E-state index contributed by atoms with van der Waals surface area (Å²) in [5, 5.41) is 4.91. The number of hydrogen-bond donors (Lipinski definition) is 1. The van der Waals surface area contributed by atoms with Crippen LogP contribution in [-0.4, -0.2) is 67.5 Å². The number of hydrogen-bond acceptors (Lipinski definition) is 7. The fourth-order valence-corrected chi connectivity index (χ4v) is 6.20. The van der Waals surface area contributed by atoms with E-state index in [1.807, 2.05) is 35.0 Å². The Morgan fingerprint density at radius 3 is 2.77 bits per heavy atom. The molecule has 1 saturated heterocycles. The second-order valence-electron chi connectivity index (χ2n) is 11.3. The summed E-state index contributed by atoms with van der Waals surface area (Å²) >= 11 is 0. The van der Waals surface area contributed by atoms with Crippen molar-refractivity contribution in [2.75, 3.05) is 43.0 Å². The van der Waals surface area contributed by atoms with Crippen LogP contribution >= 0.6 is 0 Å². The summed E-state index contributed by atoms with van der Waals surface area (Å²) < 4.78 is 11.5. The van der Waals surface area contributed by atoms with Gasteiger partial charge in [0.05, 0.1) is 17.9 Å². The number of nitrogens with zero attached hydrogens (tertiary/aromatic N) is 7. The molecule has 3 aliphatic heterocycles. The Hall–Kier alpha value is -4.90. The van der Waals surface area contributed by atoms with Crippen LogP contribution in [0.15, 0.2) is 71.8 Å². The van der Waals surface area contributed by atoms with Gasteiger partial charge in [-0.15, -0.1) is 0 Å². The maximum Gasteiger partial charge on any atom is 0.278 e. The third-order valence-electron chi connectivity index (χ3n) is 8.64. The largest absolute Gasteiger partial charge is 0.482 e. The lowest BCUT2D eigenvalue weighted by atomic mass is 10.1. The van der Waals surface area contributed by atoms with E-state index in [-0.39, 0.29) is 18.1 Å². The highest BCUT2D eigenvalue weighted by atomic mass is 16.5. The second-order valence-corrected chi connectivity index (χ2v) is 11.3. The highest BCUT2D eigenvalue weighted by molar-refractivity contribution is 5.98. The van der Waals surface area contributed by atoms with Gasteiger partial charge < -0.3 is 24.4 Å². The first kappa shape index (κ1) is 25.8. The Labute approximate surface area is 247 Å². The van der Waals surface area contributed by atoms with Crippen LogP contribution in [0.1, 0.15) is 19.3 Å². The summed E-state index contributed by atoms with van der Waals surface area (Å²) in [5.41, 5.74) is 3.79. The summed E-state index contributed by atoms with van der Waals surface area (Å²) in [7, 11) is 0. The third-order valence-corrected chi connectivity index (χ3v) is 8.64. The third kappa shape index (κ3) is 4.56. The number of nitrogens with one attached hydrogen (secondary N) is 1. The number of ether oxygens (including phenoxy) is 1. The standard InChI is InChI=1S/C32H32N8O3/c41-29-21-43-28-9-7-24-19-27(28)38(29)13-3-1-2-4-14-39-31(42)25-20-33-32(35-30(25)40(24)39)34-23-6-8-26-22(18-23)10-15-37(26)17-16-36-11-5-12-36/h2,4,6-10,15,18-20H,1,3,5,11-14,16-17,21H2,(H,33,34,35). The second kappa shape index (κ2) is 10.4. The average molecular weight is 577 g/mol. The van der Waals surface area contributed by atoms with Crippen molar-refractivity contribution in [3.8, 4) is 11.4 Å². The zero-order valence-electron chi connectivity index (χ0n) is 23.8. The molecule has 6 heterocycles. The van der Waals surface area contributed by atoms with Crippen molar-refractivity contribution in [3.63, 3.8) is 0 Å². The normalized spacial score (nSPS) is 16.8. The van der Waals surface area contributed by atoms with E-state index in [1.54, 1.807) is 15.8 Å². The summed E-state index contributed by atoms with van der Waals surface area (Å²) in [6.45, 7) is 5.46. The Bertz CT molecular complexity index is 1960. The minimum atomic E-state index is -0.175. The number of carbonyl (C=O) groups excluding carboxylic acids is 1. The molecule has 1 N–H and O–H groups in total. The van der Waals surface area contributed by atoms with Crippen LogP contribution in [0.25, 0.3) is 27.6 Å². The average Bonchev–Trinajstić information content (AvgIpc) is 3.51. The predicted octanol–water partition coefficient (Wildman–Crippen LogP) is 4.06. The van der Waals surface area contributed by atoms with Gasteiger partial charge in [0.15, 0.2) is 12.3 Å². The van der Waals surface area contributed by atoms with Gasteiger partial charge in [-0.3, -0.25) is 9.59 Å². The first-order valence-corrected chi connectivity index (χ1v) is 14.9. The van der Waals surface area contributed by atoms with Crippen LogP contribution in [0, 0.1) is 0 Å². The first-order chi connectivity index (χ1) is 21.1. The molecule has 0 saturated carbocycles. The number of benzene rings is 2. The van der Waals surface area contributed by atoms with Crippen LogP contribution in [-0.2, 0) is 17.9 Å². The van der Waals surface area contributed by atoms with Gasteiger partial charge in [0.25, 0.3) is 11.5 Å². The maximum atomic E-state index is 13.6. The van der Waals surface area contributed by atoms with E-state index in [4.69, 9.17) is 9.72 Å². The van der Waals surface area contributed by atoms with Gasteiger partial charge in [-0.2, -0.15) is 4.98 Å². The van der Waals surface area contributed by atoms with Crippen LogP contribution in [0.4, 0.5) is 17.3 Å². The number of aromatic nitrogens is 5. The van der Waals surface area contributed by atoms with Crippen LogP contribution < -0.4 is 20.5 Å². The molecule has 0 unspecified atom stereocenters. The first-order valence-electron chi connectivity index (χ1n) is 14.9. The summed E-state index contributed by atoms with van der Waals surface area (Å²) in [5.74, 6) is 0.977. The number of likely N-dealkylation sites (tertiary alicyclic amines) is 1. The van der Waals surface area contributed by atoms with E-state index in [1.165, 1.54) is 25.0 Å². The smallest absolute Gasteiger partial charge is 0.278 e. The molecular weight excluding hydrogens is 544 g/mol. The molecule has 1 fully saturated rings. The van der Waals surface area contributed by atoms with Crippen LogP contribution in [0.2, 0.25) is 0 Å². The molecule has 0 spiro atoms. The van der Waals surface area contributed by atoms with Crippen molar-refractivity contribution in [2.45, 2.75) is 32.4 Å².